The van der Waals surface area contributed by atoms with Crippen molar-refractivity contribution in [2.24, 2.45) is 51.2 Å². The van der Waals surface area contributed by atoms with Gasteiger partial charge in [0.2, 0.25) is 0 Å². The van der Waals surface area contributed by atoms with Crippen molar-refractivity contribution in [2.75, 3.05) is 0 Å². The molecule has 0 aromatic heterocycles. The summed E-state index contributed by atoms with van der Waals surface area (Å²) in [5.41, 5.74) is 3.96. The van der Waals surface area contributed by atoms with E-state index in [2.05, 4.69) is 60.6 Å². The number of hydrogen-bond donors (Lipinski definition) is 0. The Balaban J connectivity index is 1.66. The van der Waals surface area contributed by atoms with Crippen molar-refractivity contribution in [3.63, 3.8) is 0 Å². The Kier molecular flexibility index (Phi) is 4.45. The van der Waals surface area contributed by atoms with Gasteiger partial charge in [0.15, 0.2) is 5.78 Å². The number of hydrogen-bond acceptors (Lipinski definition) is 1. The van der Waals surface area contributed by atoms with Gasteiger partial charge in [-0.25, -0.2) is 0 Å². The van der Waals surface area contributed by atoms with Crippen LogP contribution in [0, 0.1) is 51.2 Å². The molecule has 0 aliphatic heterocycles. The van der Waals surface area contributed by atoms with Crippen LogP contribution in [0.15, 0.2) is 23.3 Å². The van der Waals surface area contributed by atoms with E-state index in [1.54, 1.807) is 11.1 Å². The average molecular weight is 409 g/mol. The van der Waals surface area contributed by atoms with E-state index in [4.69, 9.17) is 0 Å². The first-order valence-corrected chi connectivity index (χ1v) is 12.9. The highest BCUT2D eigenvalue weighted by molar-refractivity contribution is 5.95. The molecule has 0 radical (unpaired) electrons. The summed E-state index contributed by atoms with van der Waals surface area (Å²) in [7, 11) is 0. The first kappa shape index (κ1) is 21.0. The summed E-state index contributed by atoms with van der Waals surface area (Å²) in [5, 5.41) is 0. The second kappa shape index (κ2) is 6.35. The quantitative estimate of drug-likeness (QED) is 0.374. The summed E-state index contributed by atoms with van der Waals surface area (Å²) in [6.07, 6.45) is 14.9. The van der Waals surface area contributed by atoms with Crippen molar-refractivity contribution < 1.29 is 4.79 Å². The minimum absolute atomic E-state index is 0.110. The number of ketones is 1. The van der Waals surface area contributed by atoms with Crippen LogP contribution in [0.5, 0.6) is 0 Å². The van der Waals surface area contributed by atoms with Gasteiger partial charge in [-0.1, -0.05) is 58.8 Å². The van der Waals surface area contributed by atoms with Crippen molar-refractivity contribution in [1.29, 1.82) is 0 Å². The third-order valence-electron chi connectivity index (χ3n) is 12.1. The standard InChI is InChI=1S/C29H44O/c1-18-10-13-26(4)15-16-28(6)22(24(26)20(18)3)17-23(30)25-27(5)12-8-9-19(2)21(27)11-14-29(25,28)7/h9,17-18,20-21,24-25H,8,10-16H2,1-7H3. The number of rotatable bonds is 0. The van der Waals surface area contributed by atoms with Gasteiger partial charge in [-0.2, -0.15) is 0 Å². The lowest BCUT2D eigenvalue weighted by atomic mass is 9.34. The van der Waals surface area contributed by atoms with Gasteiger partial charge in [-0.15, -0.1) is 0 Å². The van der Waals surface area contributed by atoms with Gasteiger partial charge < -0.3 is 0 Å². The van der Waals surface area contributed by atoms with Crippen LogP contribution in [-0.4, -0.2) is 5.78 Å². The lowest BCUT2D eigenvalue weighted by molar-refractivity contribution is -0.163. The zero-order valence-electron chi connectivity index (χ0n) is 20.6. The van der Waals surface area contributed by atoms with Gasteiger partial charge in [-0.05, 0) is 110 Å². The highest BCUT2D eigenvalue weighted by Gasteiger charge is 2.68. The predicted octanol–water partition coefficient (Wildman–Crippen LogP) is 7.76. The maximum absolute atomic E-state index is 14.1. The molecule has 166 valence electrons. The van der Waals surface area contributed by atoms with Crippen molar-refractivity contribution in [1.82, 2.24) is 0 Å². The highest BCUT2D eigenvalue weighted by atomic mass is 16.1. The van der Waals surface area contributed by atoms with E-state index in [1.807, 2.05) is 0 Å². The molecular weight excluding hydrogens is 364 g/mol. The molecule has 0 saturated heterocycles. The van der Waals surface area contributed by atoms with Gasteiger partial charge in [0.1, 0.15) is 0 Å². The van der Waals surface area contributed by atoms with E-state index in [0.717, 1.165) is 12.3 Å². The molecular formula is C29H44O. The van der Waals surface area contributed by atoms with Gasteiger partial charge in [0.25, 0.3) is 0 Å². The Morgan fingerprint density at radius 2 is 1.67 bits per heavy atom. The molecule has 0 spiro atoms. The number of allylic oxidation sites excluding steroid dienone is 4. The zero-order chi connectivity index (χ0) is 21.7. The van der Waals surface area contributed by atoms with E-state index in [0.29, 0.717) is 29.0 Å². The second-order valence-corrected chi connectivity index (χ2v) is 13.3. The minimum Gasteiger partial charge on any atom is -0.295 e. The molecule has 9 unspecified atom stereocenters. The summed E-state index contributed by atoms with van der Waals surface area (Å²) < 4.78 is 0. The molecule has 5 aliphatic carbocycles. The monoisotopic (exact) mass is 408 g/mol. The van der Waals surface area contributed by atoms with Crippen LogP contribution in [0.25, 0.3) is 0 Å². The van der Waals surface area contributed by atoms with Gasteiger partial charge in [0, 0.05) is 5.92 Å². The van der Waals surface area contributed by atoms with Crippen LogP contribution >= 0.6 is 0 Å². The first-order chi connectivity index (χ1) is 14.0. The SMILES string of the molecule is CC1=CCCC2(C)C1CCC1(C)C2C(=O)C=C2C3C(C)C(C)CCC3(C)CCC21C. The molecule has 1 heteroatoms. The summed E-state index contributed by atoms with van der Waals surface area (Å²) in [6.45, 7) is 17.4. The largest absolute Gasteiger partial charge is 0.295 e. The molecule has 5 rings (SSSR count). The Hall–Kier alpha value is -0.850. The number of carbonyl (C=O) groups is 1. The maximum Gasteiger partial charge on any atom is 0.159 e. The fraction of sp³-hybridized carbons (Fsp3) is 0.828. The zero-order valence-corrected chi connectivity index (χ0v) is 20.6. The van der Waals surface area contributed by atoms with Crippen LogP contribution in [-0.2, 0) is 4.79 Å². The molecule has 0 aromatic rings. The summed E-state index contributed by atoms with van der Waals surface area (Å²) >= 11 is 0. The van der Waals surface area contributed by atoms with E-state index in [-0.39, 0.29) is 22.2 Å². The Bertz CT molecular complexity index is 833. The molecule has 3 fully saturated rings. The summed E-state index contributed by atoms with van der Waals surface area (Å²) in [4.78, 5) is 14.1. The van der Waals surface area contributed by atoms with E-state index >= 15 is 0 Å². The fourth-order valence-electron chi connectivity index (χ4n) is 9.90. The molecule has 3 saturated carbocycles. The first-order valence-electron chi connectivity index (χ1n) is 12.9. The van der Waals surface area contributed by atoms with E-state index in [9.17, 15) is 4.79 Å². The third kappa shape index (κ3) is 2.39. The predicted molar refractivity (Wildman–Crippen MR) is 125 cm³/mol. The Morgan fingerprint density at radius 1 is 0.933 bits per heavy atom. The van der Waals surface area contributed by atoms with Gasteiger partial charge in [0.05, 0.1) is 0 Å². The lowest BCUT2D eigenvalue weighted by Gasteiger charge is -2.69. The molecule has 0 aromatic carbocycles. The Morgan fingerprint density at radius 3 is 2.40 bits per heavy atom. The van der Waals surface area contributed by atoms with Crippen molar-refractivity contribution in [2.45, 2.75) is 99.8 Å². The van der Waals surface area contributed by atoms with E-state index in [1.165, 1.54) is 44.9 Å². The van der Waals surface area contributed by atoms with Crippen LogP contribution < -0.4 is 0 Å². The normalized spacial score (nSPS) is 55.4. The molecule has 0 heterocycles. The van der Waals surface area contributed by atoms with E-state index < -0.39 is 0 Å². The van der Waals surface area contributed by atoms with Crippen LogP contribution in [0.2, 0.25) is 0 Å². The molecule has 0 N–H and O–H groups in total. The fourth-order valence-corrected chi connectivity index (χ4v) is 9.90. The Labute approximate surface area is 185 Å². The summed E-state index contributed by atoms with van der Waals surface area (Å²) in [5.74, 6) is 3.35. The number of fused-ring (bicyclic) bond motifs is 7. The molecule has 30 heavy (non-hydrogen) atoms. The van der Waals surface area contributed by atoms with Crippen molar-refractivity contribution in [3.8, 4) is 0 Å². The van der Waals surface area contributed by atoms with Crippen molar-refractivity contribution >= 4 is 5.78 Å². The number of carbonyl (C=O) groups excluding carboxylic acids is 1. The van der Waals surface area contributed by atoms with Crippen LogP contribution in [0.1, 0.15) is 99.8 Å². The lowest BCUT2D eigenvalue weighted by Crippen LogP contribution is -2.64. The average Bonchev–Trinajstić information content (AvgIpc) is 2.66. The molecule has 0 amide bonds. The summed E-state index contributed by atoms with van der Waals surface area (Å²) in [6, 6.07) is 0. The molecule has 0 bridgehead atoms. The molecule has 1 nitrogen and oxygen atoms in total. The van der Waals surface area contributed by atoms with Gasteiger partial charge in [-0.3, -0.25) is 4.79 Å². The van der Waals surface area contributed by atoms with Gasteiger partial charge >= 0.3 is 0 Å². The topological polar surface area (TPSA) is 17.1 Å². The molecule has 5 aliphatic rings. The molecule has 9 atom stereocenters. The third-order valence-corrected chi connectivity index (χ3v) is 12.1. The van der Waals surface area contributed by atoms with Crippen LogP contribution in [0.3, 0.4) is 0 Å². The highest BCUT2D eigenvalue weighted by Crippen LogP contribution is 2.73. The van der Waals surface area contributed by atoms with Crippen molar-refractivity contribution in [3.05, 3.63) is 23.3 Å². The smallest absolute Gasteiger partial charge is 0.159 e. The minimum atomic E-state index is 0.110. The second-order valence-electron chi connectivity index (χ2n) is 13.3. The van der Waals surface area contributed by atoms with Crippen LogP contribution in [0.4, 0.5) is 0 Å². The maximum atomic E-state index is 14.1.